The van der Waals surface area contributed by atoms with Crippen LogP contribution in [0.2, 0.25) is 0 Å². The molecule has 0 atom stereocenters. The van der Waals surface area contributed by atoms with E-state index in [1.807, 2.05) is 109 Å². The molecule has 10 heteroatoms. The molecule has 0 bridgehead atoms. The molecular formula is C116H66N6O4. The van der Waals surface area contributed by atoms with E-state index in [1.54, 1.807) is 0 Å². The molecule has 0 N–H and O–H groups in total. The zero-order valence-corrected chi connectivity index (χ0v) is 67.4. The second kappa shape index (κ2) is 26.8. The van der Waals surface area contributed by atoms with Crippen molar-refractivity contribution in [1.29, 1.82) is 0 Å². The maximum atomic E-state index is 6.58. The van der Waals surface area contributed by atoms with Gasteiger partial charge in [0.1, 0.15) is 44.7 Å². The molecule has 0 radical (unpaired) electrons. The Morgan fingerprint density at radius 3 is 0.833 bits per heavy atom. The van der Waals surface area contributed by atoms with Gasteiger partial charge in [-0.3, -0.25) is 0 Å². The van der Waals surface area contributed by atoms with Gasteiger partial charge in [0.05, 0.1) is 22.0 Å². The molecule has 0 fully saturated rings. The van der Waals surface area contributed by atoms with E-state index in [2.05, 4.69) is 291 Å². The van der Waals surface area contributed by atoms with Gasteiger partial charge < -0.3 is 17.7 Å². The standard InChI is InChI=1S/2C58H33N3O2/c1-2-15-37-36(14-1)38-16-3-8-23-47(38)58(48-24-9-4-17-39(37)48)49-25-10-5-18-40(49)45-32-34(28-30-50(45)58)55-59-56(35-29-31-53-46(33-35)42-20-7-11-26-51(42)62-53)61-57(60-55)44-22-13-21-43-41-19-6-12-27-52(41)63-54(43)44;1-2-16-36-35(15-1)37-17-3-8-25-46(37)58(47-26-9-4-18-38(36)47)48-27-10-5-19-39(48)45-33-34(31-32-49(45)58)55-59-56(43-23-14-30-52-53(43)42-21-7-12-29-51(42)62-52)61-57(60-55)44-24-13-22-41-40-20-6-11-28-50(40)63-54(41)44/h2*1-33H. The van der Waals surface area contributed by atoms with Crippen LogP contribution in [0.1, 0.15) is 44.5 Å². The highest BCUT2D eigenvalue weighted by atomic mass is 16.3. The van der Waals surface area contributed by atoms with Gasteiger partial charge in [0.25, 0.3) is 0 Å². The van der Waals surface area contributed by atoms with E-state index >= 15 is 0 Å². The second-order valence-corrected chi connectivity index (χ2v) is 33.1. The molecule has 28 rings (SSSR count). The minimum Gasteiger partial charge on any atom is -0.456 e. The number of nitrogens with zero attached hydrogens (tertiary/aromatic N) is 6. The van der Waals surface area contributed by atoms with Crippen molar-refractivity contribution in [1.82, 2.24) is 29.9 Å². The summed E-state index contributed by atoms with van der Waals surface area (Å²) in [4.78, 5) is 31.9. The van der Waals surface area contributed by atoms with E-state index in [9.17, 15) is 0 Å². The van der Waals surface area contributed by atoms with Crippen LogP contribution in [0.15, 0.2) is 418 Å². The van der Waals surface area contributed by atoms with E-state index in [4.69, 9.17) is 47.6 Å². The first-order chi connectivity index (χ1) is 62.5. The molecule has 10 nitrogen and oxygen atoms in total. The highest BCUT2D eigenvalue weighted by Gasteiger charge is 2.52. The van der Waals surface area contributed by atoms with Crippen LogP contribution in [-0.2, 0) is 10.8 Å². The predicted octanol–water partition coefficient (Wildman–Crippen LogP) is 29.4. The molecule has 6 aromatic heterocycles. The van der Waals surface area contributed by atoms with Crippen molar-refractivity contribution in [3.8, 4) is 135 Å². The number of hydrogen-bond donors (Lipinski definition) is 0. The van der Waals surface area contributed by atoms with Gasteiger partial charge in [-0.2, -0.15) is 0 Å². The van der Waals surface area contributed by atoms with Crippen LogP contribution in [0.4, 0.5) is 0 Å². The van der Waals surface area contributed by atoms with Crippen molar-refractivity contribution in [2.45, 2.75) is 10.8 Å². The summed E-state index contributed by atoms with van der Waals surface area (Å²) in [5, 5.41) is 8.17. The number of rotatable bonds is 6. The Bertz CT molecular complexity index is 8670. The summed E-state index contributed by atoms with van der Waals surface area (Å²) in [5.41, 5.74) is 35.1. The Hall–Kier alpha value is -16.8. The molecule has 0 amide bonds. The molecule has 4 aliphatic rings. The van der Waals surface area contributed by atoms with Gasteiger partial charge in [-0.1, -0.05) is 328 Å². The van der Waals surface area contributed by atoms with Crippen LogP contribution >= 0.6 is 0 Å². The summed E-state index contributed by atoms with van der Waals surface area (Å²) in [6.07, 6.45) is 0. The SMILES string of the molecule is c1ccc2c(c1)-c1ccccc1C1(c3ccccc3-2)c2ccccc2-c2cc(-c3nc(-c4ccc5oc6ccccc6c5c4)nc(-c4cccc5c4oc4ccccc45)n3)ccc21.c1ccc2c(c1)-c1ccccc1C1(c3ccccc3-2)c2ccccc2-c2cc(-c3nc(-c4cccc5c4oc4ccccc45)nc(-c4cccc5oc6ccccc6c45)n3)ccc21. The first-order valence-corrected chi connectivity index (χ1v) is 42.7. The first kappa shape index (κ1) is 69.9. The summed E-state index contributed by atoms with van der Waals surface area (Å²) in [5.74, 6) is 3.35. The van der Waals surface area contributed by atoms with Crippen LogP contribution in [0.5, 0.6) is 0 Å². The third-order valence-corrected chi connectivity index (χ3v) is 26.8. The van der Waals surface area contributed by atoms with Gasteiger partial charge in [-0.05, 0) is 184 Å². The third-order valence-electron chi connectivity index (χ3n) is 26.8. The summed E-state index contributed by atoms with van der Waals surface area (Å²) in [7, 11) is 0. The number of para-hydroxylation sites is 6. The van der Waals surface area contributed by atoms with E-state index < -0.39 is 10.8 Å². The van der Waals surface area contributed by atoms with Crippen LogP contribution in [0.25, 0.3) is 223 Å². The molecular weight excluding hydrogens is 1540 g/mol. The van der Waals surface area contributed by atoms with Crippen LogP contribution in [0, 0.1) is 0 Å². The number of hydrogen-bond acceptors (Lipinski definition) is 10. The van der Waals surface area contributed by atoms with E-state index in [1.165, 1.54) is 100 Å². The Kier molecular flexibility index (Phi) is 14.9. The summed E-state index contributed by atoms with van der Waals surface area (Å²) < 4.78 is 25.7. The van der Waals surface area contributed by atoms with Gasteiger partial charge in [0, 0.05) is 65.3 Å². The number of aromatic nitrogens is 6. The zero-order chi connectivity index (χ0) is 82.5. The van der Waals surface area contributed by atoms with Crippen LogP contribution in [-0.4, -0.2) is 29.9 Å². The van der Waals surface area contributed by atoms with E-state index in [0.29, 0.717) is 34.9 Å². The lowest BCUT2D eigenvalue weighted by molar-refractivity contribution is 0.668. The van der Waals surface area contributed by atoms with Crippen molar-refractivity contribution in [3.05, 3.63) is 445 Å². The molecule has 6 heterocycles. The molecule has 0 saturated heterocycles. The minimum atomic E-state index is -0.582. The average Bonchev–Trinajstić information content (AvgIpc) is 1.52. The van der Waals surface area contributed by atoms with E-state index in [-0.39, 0.29) is 0 Å². The fourth-order valence-electron chi connectivity index (χ4n) is 21.6. The van der Waals surface area contributed by atoms with E-state index in [0.717, 1.165) is 132 Å². The van der Waals surface area contributed by atoms with Gasteiger partial charge >= 0.3 is 0 Å². The molecule has 18 aromatic carbocycles. The number of fused-ring (bicyclic) bond motifs is 36. The lowest BCUT2D eigenvalue weighted by Crippen LogP contribution is -2.29. The van der Waals surface area contributed by atoms with Crippen molar-refractivity contribution < 1.29 is 17.7 Å². The van der Waals surface area contributed by atoms with Gasteiger partial charge in [-0.15, -0.1) is 0 Å². The van der Waals surface area contributed by atoms with Crippen molar-refractivity contribution >= 4 is 87.8 Å². The molecule has 24 aromatic rings. The van der Waals surface area contributed by atoms with Crippen LogP contribution in [0.3, 0.4) is 0 Å². The highest BCUT2D eigenvalue weighted by molar-refractivity contribution is 6.14. The third kappa shape index (κ3) is 9.97. The highest BCUT2D eigenvalue weighted by Crippen LogP contribution is 2.64. The van der Waals surface area contributed by atoms with Crippen molar-refractivity contribution in [3.63, 3.8) is 0 Å². The molecule has 584 valence electrons. The fourth-order valence-corrected chi connectivity index (χ4v) is 21.6. The monoisotopic (exact) mass is 1610 g/mol. The minimum absolute atomic E-state index is 0.534. The van der Waals surface area contributed by atoms with Crippen molar-refractivity contribution in [2.24, 2.45) is 0 Å². The Morgan fingerprint density at radius 2 is 0.405 bits per heavy atom. The number of benzene rings is 18. The Balaban J connectivity index is 0.000000131. The Labute approximate surface area is 721 Å². The summed E-state index contributed by atoms with van der Waals surface area (Å²) >= 11 is 0. The normalized spacial score (nSPS) is 13.2. The largest absolute Gasteiger partial charge is 0.456 e. The van der Waals surface area contributed by atoms with Gasteiger partial charge in [-0.25, -0.2) is 29.9 Å². The molecule has 4 aliphatic carbocycles. The topological polar surface area (TPSA) is 130 Å². The van der Waals surface area contributed by atoms with Crippen LogP contribution < -0.4 is 0 Å². The average molecular weight is 1610 g/mol. The van der Waals surface area contributed by atoms with Gasteiger partial charge in [0.2, 0.25) is 0 Å². The molecule has 2 spiro atoms. The smallest absolute Gasteiger partial charge is 0.167 e. The maximum absolute atomic E-state index is 6.58. The fraction of sp³-hybridized carbons (Fsp3) is 0.0172. The lowest BCUT2D eigenvalue weighted by atomic mass is 9.66. The predicted molar refractivity (Wildman–Crippen MR) is 505 cm³/mol. The van der Waals surface area contributed by atoms with Crippen molar-refractivity contribution in [2.75, 3.05) is 0 Å². The second-order valence-electron chi connectivity index (χ2n) is 33.1. The molecule has 0 aliphatic heterocycles. The summed E-state index contributed by atoms with van der Waals surface area (Å²) in [6, 6.07) is 142. The van der Waals surface area contributed by atoms with Gasteiger partial charge in [0.15, 0.2) is 34.9 Å². The molecule has 0 unspecified atom stereocenters. The molecule has 126 heavy (non-hydrogen) atoms. The first-order valence-electron chi connectivity index (χ1n) is 42.7. The molecule has 0 saturated carbocycles. The number of furan rings is 4. The zero-order valence-electron chi connectivity index (χ0n) is 67.4. The Morgan fingerprint density at radius 1 is 0.151 bits per heavy atom. The summed E-state index contributed by atoms with van der Waals surface area (Å²) in [6.45, 7) is 0. The maximum Gasteiger partial charge on any atom is 0.167 e. The quantitative estimate of drug-likeness (QED) is 0.159. The lowest BCUT2D eigenvalue weighted by Gasteiger charge is -2.35.